The van der Waals surface area contributed by atoms with Crippen LogP contribution < -0.4 is 10.1 Å². The van der Waals surface area contributed by atoms with Crippen LogP contribution in [-0.2, 0) is 0 Å². The summed E-state index contributed by atoms with van der Waals surface area (Å²) in [4.78, 5) is 4.35. The first-order valence-corrected chi connectivity index (χ1v) is 8.27. The molecular formula is C17H26N2O2. The van der Waals surface area contributed by atoms with Gasteiger partial charge in [0.05, 0.1) is 6.20 Å². The highest BCUT2D eigenvalue weighted by molar-refractivity contribution is 5.27. The van der Waals surface area contributed by atoms with Gasteiger partial charge in [-0.1, -0.05) is 0 Å². The van der Waals surface area contributed by atoms with Gasteiger partial charge in [-0.05, 0) is 68.5 Å². The van der Waals surface area contributed by atoms with E-state index >= 15 is 0 Å². The highest BCUT2D eigenvalue weighted by Gasteiger charge is 2.26. The minimum Gasteiger partial charge on any atom is -0.490 e. The Bertz CT molecular complexity index is 448. The second-order valence-corrected chi connectivity index (χ2v) is 6.45. The van der Waals surface area contributed by atoms with Crippen LogP contribution >= 0.6 is 0 Å². The van der Waals surface area contributed by atoms with Gasteiger partial charge in [0, 0.05) is 18.8 Å². The van der Waals surface area contributed by atoms with E-state index in [2.05, 4.69) is 16.4 Å². The zero-order valence-electron chi connectivity index (χ0n) is 12.6. The van der Waals surface area contributed by atoms with Crippen molar-refractivity contribution in [1.82, 2.24) is 10.3 Å². The van der Waals surface area contributed by atoms with E-state index in [1.54, 1.807) is 0 Å². The zero-order chi connectivity index (χ0) is 14.5. The Hall–Kier alpha value is -1.13. The molecule has 0 unspecified atom stereocenters. The molecule has 1 aromatic heterocycles. The number of pyridine rings is 1. The number of aliphatic hydroxyl groups excluding tert-OH is 1. The molecule has 0 amide bonds. The fourth-order valence-corrected chi connectivity index (χ4v) is 3.45. The summed E-state index contributed by atoms with van der Waals surface area (Å²) in [5.74, 6) is 2.29. The number of ether oxygens (including phenoxy) is 1. The van der Waals surface area contributed by atoms with Gasteiger partial charge < -0.3 is 15.2 Å². The Morgan fingerprint density at radius 2 is 2.19 bits per heavy atom. The van der Waals surface area contributed by atoms with Crippen LogP contribution in [0.4, 0.5) is 0 Å². The van der Waals surface area contributed by atoms with E-state index in [1.165, 1.54) is 31.2 Å². The van der Waals surface area contributed by atoms with Gasteiger partial charge in [-0.2, -0.15) is 0 Å². The van der Waals surface area contributed by atoms with Crippen molar-refractivity contribution in [3.63, 3.8) is 0 Å². The lowest BCUT2D eigenvalue weighted by Gasteiger charge is -2.27. The van der Waals surface area contributed by atoms with Crippen LogP contribution in [0.25, 0.3) is 0 Å². The predicted molar refractivity (Wildman–Crippen MR) is 82.5 cm³/mol. The Kier molecular flexibility index (Phi) is 5.09. The van der Waals surface area contributed by atoms with E-state index in [0.29, 0.717) is 18.6 Å². The number of aliphatic hydroxyl groups is 1. The van der Waals surface area contributed by atoms with Crippen molar-refractivity contribution < 1.29 is 9.84 Å². The topological polar surface area (TPSA) is 54.4 Å². The fourth-order valence-electron chi connectivity index (χ4n) is 3.45. The Morgan fingerprint density at radius 1 is 1.29 bits per heavy atom. The average Bonchev–Trinajstić information content (AvgIpc) is 2.93. The molecule has 0 bridgehead atoms. The lowest BCUT2D eigenvalue weighted by molar-refractivity contribution is 0.216. The molecule has 21 heavy (non-hydrogen) atoms. The molecule has 4 heteroatoms. The summed E-state index contributed by atoms with van der Waals surface area (Å²) in [7, 11) is 0. The molecule has 2 aliphatic rings. The van der Waals surface area contributed by atoms with Crippen molar-refractivity contribution in [1.29, 1.82) is 0 Å². The van der Waals surface area contributed by atoms with Crippen molar-refractivity contribution in [3.05, 3.63) is 24.0 Å². The maximum Gasteiger partial charge on any atom is 0.137 e. The second kappa shape index (κ2) is 7.23. The van der Waals surface area contributed by atoms with Crippen LogP contribution in [0.3, 0.4) is 0 Å². The van der Waals surface area contributed by atoms with Crippen LogP contribution in [0.1, 0.15) is 50.0 Å². The third-order valence-electron chi connectivity index (χ3n) is 4.89. The normalized spacial score (nSPS) is 28.3. The maximum atomic E-state index is 8.94. The molecule has 2 fully saturated rings. The van der Waals surface area contributed by atoms with E-state index in [0.717, 1.165) is 37.7 Å². The Morgan fingerprint density at radius 3 is 2.95 bits per heavy atom. The molecule has 1 aromatic rings. The molecule has 3 rings (SSSR count). The number of nitrogens with one attached hydrogen (secondary N) is 1. The molecular weight excluding hydrogens is 264 g/mol. The van der Waals surface area contributed by atoms with E-state index in [4.69, 9.17) is 9.84 Å². The minimum absolute atomic E-state index is 0.321. The highest BCUT2D eigenvalue weighted by atomic mass is 16.5. The minimum atomic E-state index is 0.321. The molecule has 4 nitrogen and oxygen atoms in total. The number of aromatic nitrogens is 1. The number of hydrogen-bond acceptors (Lipinski definition) is 4. The zero-order valence-corrected chi connectivity index (χ0v) is 12.6. The fraction of sp³-hybridized carbons (Fsp3) is 0.706. The smallest absolute Gasteiger partial charge is 0.137 e. The van der Waals surface area contributed by atoms with Gasteiger partial charge in [-0.25, -0.2) is 0 Å². The Balaban J connectivity index is 1.53. The first-order chi connectivity index (χ1) is 10.3. The summed E-state index contributed by atoms with van der Waals surface area (Å²) in [5, 5.41) is 12.3. The third-order valence-corrected chi connectivity index (χ3v) is 4.89. The van der Waals surface area contributed by atoms with Crippen molar-refractivity contribution in [2.24, 2.45) is 5.92 Å². The summed E-state index contributed by atoms with van der Waals surface area (Å²) < 4.78 is 5.84. The molecule has 116 valence electrons. The van der Waals surface area contributed by atoms with E-state index < -0.39 is 0 Å². The van der Waals surface area contributed by atoms with Crippen molar-refractivity contribution >= 4 is 0 Å². The number of nitrogens with zero attached hydrogens (tertiary/aromatic N) is 1. The molecule has 0 spiro atoms. The predicted octanol–water partition coefficient (Wildman–Crippen LogP) is 2.48. The van der Waals surface area contributed by atoms with E-state index in [9.17, 15) is 0 Å². The lowest BCUT2D eigenvalue weighted by atomic mass is 9.96. The highest BCUT2D eigenvalue weighted by Crippen LogP contribution is 2.40. The molecule has 1 saturated carbocycles. The summed E-state index contributed by atoms with van der Waals surface area (Å²) in [5.41, 5.74) is 1.32. The number of hydrogen-bond donors (Lipinski definition) is 2. The third kappa shape index (κ3) is 3.95. The van der Waals surface area contributed by atoms with Gasteiger partial charge in [0.1, 0.15) is 12.4 Å². The van der Waals surface area contributed by atoms with Gasteiger partial charge in [0.15, 0.2) is 0 Å². The lowest BCUT2D eigenvalue weighted by Crippen LogP contribution is -2.46. The summed E-state index contributed by atoms with van der Waals surface area (Å²) in [6.07, 6.45) is 10.9. The van der Waals surface area contributed by atoms with Crippen molar-refractivity contribution in [2.45, 2.75) is 50.5 Å². The van der Waals surface area contributed by atoms with Crippen molar-refractivity contribution in [3.8, 4) is 5.75 Å². The second-order valence-electron chi connectivity index (χ2n) is 6.45. The van der Waals surface area contributed by atoms with Gasteiger partial charge in [0.2, 0.25) is 0 Å². The molecule has 0 aromatic carbocycles. The van der Waals surface area contributed by atoms with E-state index in [1.807, 2.05) is 12.4 Å². The molecule has 1 saturated heterocycles. The average molecular weight is 290 g/mol. The molecule has 1 aliphatic heterocycles. The van der Waals surface area contributed by atoms with Gasteiger partial charge >= 0.3 is 0 Å². The molecule has 0 radical (unpaired) electrons. The molecule has 2 N–H and O–H groups in total. The SMILES string of the molecule is OCCC[C@H]1CC[C@H](c2cncc(OC[C@@H]3CCN3)c2)C1. The monoisotopic (exact) mass is 290 g/mol. The van der Waals surface area contributed by atoms with Crippen molar-refractivity contribution in [2.75, 3.05) is 19.8 Å². The first kappa shape index (κ1) is 14.8. The van der Waals surface area contributed by atoms with Gasteiger partial charge in [-0.15, -0.1) is 0 Å². The summed E-state index contributed by atoms with van der Waals surface area (Å²) in [6.45, 7) is 2.18. The van der Waals surface area contributed by atoms with Crippen LogP contribution in [-0.4, -0.2) is 35.9 Å². The molecule has 3 atom stereocenters. The Labute approximate surface area is 126 Å². The van der Waals surface area contributed by atoms with Gasteiger partial charge in [-0.3, -0.25) is 4.98 Å². The maximum absolute atomic E-state index is 8.94. The standard InChI is InChI=1S/C17H26N2O2/c20-7-1-2-13-3-4-14(8-13)15-9-17(11-18-10-15)21-12-16-5-6-19-16/h9-11,13-14,16,19-20H,1-8,12H2/t13-,14-,16-/m0/s1. The molecule has 2 heterocycles. The summed E-state index contributed by atoms with van der Waals surface area (Å²) >= 11 is 0. The van der Waals surface area contributed by atoms with E-state index in [-0.39, 0.29) is 0 Å². The molecule has 1 aliphatic carbocycles. The van der Waals surface area contributed by atoms with Gasteiger partial charge in [0.25, 0.3) is 0 Å². The largest absolute Gasteiger partial charge is 0.490 e. The van der Waals surface area contributed by atoms with Crippen LogP contribution in [0.2, 0.25) is 0 Å². The van der Waals surface area contributed by atoms with Crippen LogP contribution in [0.15, 0.2) is 18.5 Å². The first-order valence-electron chi connectivity index (χ1n) is 8.27. The quantitative estimate of drug-likeness (QED) is 0.810. The number of rotatable bonds is 7. The van der Waals surface area contributed by atoms with Crippen LogP contribution in [0, 0.1) is 5.92 Å². The van der Waals surface area contributed by atoms with Crippen LogP contribution in [0.5, 0.6) is 5.75 Å². The summed E-state index contributed by atoms with van der Waals surface area (Å²) in [6, 6.07) is 2.69.